The van der Waals surface area contributed by atoms with Gasteiger partial charge in [-0.2, -0.15) is 0 Å². The molecular weight excluding hydrogens is 196 g/mol. The van der Waals surface area contributed by atoms with Crippen LogP contribution >= 0.6 is 0 Å². The molecule has 1 rings (SSSR count). The van der Waals surface area contributed by atoms with Gasteiger partial charge in [-0.15, -0.1) is 0 Å². The summed E-state index contributed by atoms with van der Waals surface area (Å²) in [5, 5.41) is 2.29. The highest BCUT2D eigenvalue weighted by Crippen LogP contribution is 2.11. The molecule has 1 unspecified atom stereocenters. The van der Waals surface area contributed by atoms with Crippen LogP contribution in [0.25, 0.3) is 0 Å². The predicted octanol–water partition coefficient (Wildman–Crippen LogP) is -0.614. The van der Waals surface area contributed by atoms with E-state index in [1.54, 1.807) is 30.3 Å². The third-order valence-corrected chi connectivity index (χ3v) is 1.82. The molecule has 15 heavy (non-hydrogen) atoms. The highest BCUT2D eigenvalue weighted by atomic mass is 16.2. The minimum Gasteiger partial charge on any atom is -0.352 e. The van der Waals surface area contributed by atoms with Gasteiger partial charge < -0.3 is 11.1 Å². The number of hydrazine groups is 1. The minimum absolute atomic E-state index is 0.528. The molecule has 0 aliphatic heterocycles. The first-order valence-corrected chi connectivity index (χ1v) is 4.26. The van der Waals surface area contributed by atoms with Crippen molar-refractivity contribution in [2.24, 2.45) is 11.6 Å². The molecule has 0 bridgehead atoms. The van der Waals surface area contributed by atoms with Crippen LogP contribution in [0, 0.1) is 0 Å². The second-order valence-electron chi connectivity index (χ2n) is 2.86. The molecule has 0 saturated heterocycles. The standard InChI is InChI=1S/C9H12N4O2/c10-9(15)12-7(8(14)13-11)6-4-2-1-3-5-6/h1-5,7H,11H2,(H,13,14)(H3,10,12,15). The number of carbonyl (C=O) groups excluding carboxylic acids is 2. The van der Waals surface area contributed by atoms with Gasteiger partial charge in [0.15, 0.2) is 0 Å². The van der Waals surface area contributed by atoms with Gasteiger partial charge in [0.1, 0.15) is 6.04 Å². The first-order chi connectivity index (χ1) is 7.15. The van der Waals surface area contributed by atoms with Gasteiger partial charge in [-0.25, -0.2) is 10.6 Å². The zero-order valence-electron chi connectivity index (χ0n) is 7.94. The second-order valence-corrected chi connectivity index (χ2v) is 2.86. The molecule has 0 spiro atoms. The van der Waals surface area contributed by atoms with E-state index < -0.39 is 18.0 Å². The molecule has 6 N–H and O–H groups in total. The quantitative estimate of drug-likeness (QED) is 0.302. The Hall–Kier alpha value is -2.08. The van der Waals surface area contributed by atoms with Gasteiger partial charge in [-0.3, -0.25) is 10.2 Å². The van der Waals surface area contributed by atoms with Crippen molar-refractivity contribution >= 4 is 11.9 Å². The van der Waals surface area contributed by atoms with Crippen LogP contribution in [0.4, 0.5) is 4.79 Å². The molecule has 6 heteroatoms. The van der Waals surface area contributed by atoms with Crippen LogP contribution in [0.15, 0.2) is 30.3 Å². The van der Waals surface area contributed by atoms with E-state index in [0.29, 0.717) is 5.56 Å². The summed E-state index contributed by atoms with van der Waals surface area (Å²) < 4.78 is 0. The van der Waals surface area contributed by atoms with Crippen molar-refractivity contribution in [1.82, 2.24) is 10.7 Å². The van der Waals surface area contributed by atoms with E-state index in [1.165, 1.54) is 0 Å². The lowest BCUT2D eigenvalue weighted by molar-refractivity contribution is -0.123. The fourth-order valence-corrected chi connectivity index (χ4v) is 1.17. The smallest absolute Gasteiger partial charge is 0.313 e. The maximum atomic E-state index is 11.3. The summed E-state index contributed by atoms with van der Waals surface area (Å²) in [7, 11) is 0. The van der Waals surface area contributed by atoms with Crippen molar-refractivity contribution in [3.05, 3.63) is 35.9 Å². The summed E-state index contributed by atoms with van der Waals surface area (Å²) in [5.74, 6) is 4.47. The van der Waals surface area contributed by atoms with Crippen molar-refractivity contribution in [3.63, 3.8) is 0 Å². The Bertz CT molecular complexity index is 352. The van der Waals surface area contributed by atoms with E-state index in [9.17, 15) is 9.59 Å². The van der Waals surface area contributed by atoms with E-state index in [2.05, 4.69) is 5.32 Å². The Morgan fingerprint density at radius 2 is 1.80 bits per heavy atom. The van der Waals surface area contributed by atoms with Crippen LogP contribution in [0.2, 0.25) is 0 Å². The zero-order valence-corrected chi connectivity index (χ0v) is 7.94. The molecule has 1 atom stereocenters. The van der Waals surface area contributed by atoms with E-state index in [0.717, 1.165) is 0 Å². The molecule has 6 nitrogen and oxygen atoms in total. The number of urea groups is 1. The molecule has 0 saturated carbocycles. The van der Waals surface area contributed by atoms with Crippen LogP contribution in [-0.4, -0.2) is 11.9 Å². The van der Waals surface area contributed by atoms with Gasteiger partial charge in [0.25, 0.3) is 5.91 Å². The van der Waals surface area contributed by atoms with E-state index in [-0.39, 0.29) is 0 Å². The summed E-state index contributed by atoms with van der Waals surface area (Å²) in [6.45, 7) is 0. The van der Waals surface area contributed by atoms with Crippen LogP contribution in [0.5, 0.6) is 0 Å². The molecule has 3 amide bonds. The maximum absolute atomic E-state index is 11.3. The van der Waals surface area contributed by atoms with Crippen LogP contribution < -0.4 is 22.3 Å². The lowest BCUT2D eigenvalue weighted by Crippen LogP contribution is -2.44. The molecule has 0 heterocycles. The van der Waals surface area contributed by atoms with Gasteiger partial charge in [0.05, 0.1) is 0 Å². The molecule has 80 valence electrons. The molecule has 1 aromatic rings. The van der Waals surface area contributed by atoms with Crippen molar-refractivity contribution in [3.8, 4) is 0 Å². The number of hydrogen-bond donors (Lipinski definition) is 4. The summed E-state index contributed by atoms with van der Waals surface area (Å²) in [6, 6.07) is 7.02. The third kappa shape index (κ3) is 2.96. The summed E-state index contributed by atoms with van der Waals surface area (Å²) in [4.78, 5) is 22.0. The number of nitrogens with one attached hydrogen (secondary N) is 2. The second kappa shape index (κ2) is 4.97. The molecular formula is C9H12N4O2. The van der Waals surface area contributed by atoms with Crippen molar-refractivity contribution in [1.29, 1.82) is 0 Å². The fourth-order valence-electron chi connectivity index (χ4n) is 1.17. The van der Waals surface area contributed by atoms with Gasteiger partial charge in [0, 0.05) is 0 Å². The molecule has 0 fully saturated rings. The Labute approximate surface area is 86.6 Å². The number of hydrogen-bond acceptors (Lipinski definition) is 3. The third-order valence-electron chi connectivity index (χ3n) is 1.82. The molecule has 0 aromatic heterocycles. The number of nitrogens with two attached hydrogens (primary N) is 2. The first-order valence-electron chi connectivity index (χ1n) is 4.26. The first kappa shape index (κ1) is 11.0. The van der Waals surface area contributed by atoms with Gasteiger partial charge in [-0.1, -0.05) is 30.3 Å². The highest BCUT2D eigenvalue weighted by molar-refractivity contribution is 5.87. The van der Waals surface area contributed by atoms with Crippen molar-refractivity contribution < 1.29 is 9.59 Å². The van der Waals surface area contributed by atoms with Crippen molar-refractivity contribution in [2.75, 3.05) is 0 Å². The zero-order chi connectivity index (χ0) is 11.3. The number of rotatable bonds is 3. The normalized spacial score (nSPS) is 11.5. The minimum atomic E-state index is -0.867. The number of carbonyl (C=O) groups is 2. The average molecular weight is 208 g/mol. The summed E-state index contributed by atoms with van der Waals surface area (Å²) >= 11 is 0. The fraction of sp³-hybridized carbons (Fsp3) is 0.111. The van der Waals surface area contributed by atoms with Gasteiger partial charge >= 0.3 is 6.03 Å². The maximum Gasteiger partial charge on any atom is 0.313 e. The number of primary amides is 1. The summed E-state index contributed by atoms with van der Waals surface area (Å²) in [6.07, 6.45) is 0. The monoisotopic (exact) mass is 208 g/mol. The summed E-state index contributed by atoms with van der Waals surface area (Å²) in [5.41, 5.74) is 7.52. The van der Waals surface area contributed by atoms with E-state index in [1.807, 2.05) is 5.43 Å². The Balaban J connectivity index is 2.91. The van der Waals surface area contributed by atoms with Crippen molar-refractivity contribution in [2.45, 2.75) is 6.04 Å². The topological polar surface area (TPSA) is 110 Å². The largest absolute Gasteiger partial charge is 0.352 e. The van der Waals surface area contributed by atoms with Crippen LogP contribution in [0.1, 0.15) is 11.6 Å². The Morgan fingerprint density at radius 3 is 2.27 bits per heavy atom. The Morgan fingerprint density at radius 1 is 1.20 bits per heavy atom. The predicted molar refractivity (Wildman–Crippen MR) is 54.2 cm³/mol. The van der Waals surface area contributed by atoms with E-state index >= 15 is 0 Å². The van der Waals surface area contributed by atoms with Gasteiger partial charge in [0.2, 0.25) is 0 Å². The van der Waals surface area contributed by atoms with Crippen LogP contribution in [0.3, 0.4) is 0 Å². The van der Waals surface area contributed by atoms with Gasteiger partial charge in [-0.05, 0) is 5.56 Å². The van der Waals surface area contributed by atoms with Crippen LogP contribution in [-0.2, 0) is 4.79 Å². The number of benzene rings is 1. The highest BCUT2D eigenvalue weighted by Gasteiger charge is 2.20. The lowest BCUT2D eigenvalue weighted by atomic mass is 10.1. The Kier molecular flexibility index (Phi) is 3.64. The SMILES string of the molecule is NNC(=O)C(NC(N)=O)c1ccccc1. The lowest BCUT2D eigenvalue weighted by Gasteiger charge is -2.15. The average Bonchev–Trinajstić information content (AvgIpc) is 2.26. The number of amides is 3. The molecule has 1 aromatic carbocycles. The molecule has 0 aliphatic carbocycles. The molecule has 0 radical (unpaired) electrons. The van der Waals surface area contributed by atoms with E-state index in [4.69, 9.17) is 11.6 Å². The molecule has 0 aliphatic rings.